The predicted molar refractivity (Wildman–Crippen MR) is 62.5 cm³/mol. The molecule has 2 N–H and O–H groups in total. The van der Waals surface area contributed by atoms with Crippen molar-refractivity contribution >= 4 is 17.6 Å². The van der Waals surface area contributed by atoms with Gasteiger partial charge in [-0.05, 0) is 25.3 Å². The van der Waals surface area contributed by atoms with Crippen LogP contribution >= 0.6 is 11.6 Å². The molecule has 0 atom stereocenters. The van der Waals surface area contributed by atoms with Crippen molar-refractivity contribution in [3.05, 3.63) is 34.6 Å². The van der Waals surface area contributed by atoms with E-state index in [0.717, 1.165) is 6.42 Å². The number of halogens is 2. The zero-order valence-electron chi connectivity index (χ0n) is 9.17. The number of rotatable bonds is 4. The van der Waals surface area contributed by atoms with E-state index >= 15 is 0 Å². The van der Waals surface area contributed by atoms with E-state index in [1.807, 2.05) is 0 Å². The van der Waals surface area contributed by atoms with Crippen LogP contribution in [-0.4, -0.2) is 16.6 Å². The van der Waals surface area contributed by atoms with Crippen molar-refractivity contribution in [3.8, 4) is 0 Å². The summed E-state index contributed by atoms with van der Waals surface area (Å²) >= 11 is 5.66. The quantitative estimate of drug-likeness (QED) is 0.872. The number of hydrogen-bond donors (Lipinski definition) is 2. The zero-order chi connectivity index (χ0) is 12.5. The Morgan fingerprint density at radius 1 is 1.53 bits per heavy atom. The molecule has 3 nitrogen and oxygen atoms in total. The highest BCUT2D eigenvalue weighted by atomic mass is 35.5. The van der Waals surface area contributed by atoms with Gasteiger partial charge in [-0.2, -0.15) is 0 Å². The number of carboxylic acid groups (broad SMARTS) is 1. The van der Waals surface area contributed by atoms with Gasteiger partial charge in [0.25, 0.3) is 0 Å². The van der Waals surface area contributed by atoms with Gasteiger partial charge >= 0.3 is 5.97 Å². The van der Waals surface area contributed by atoms with Gasteiger partial charge in [0.15, 0.2) is 0 Å². The fraction of sp³-hybridized carbons (Fsp3) is 0.417. The maximum atomic E-state index is 13.6. The molecule has 0 aromatic heterocycles. The van der Waals surface area contributed by atoms with Gasteiger partial charge in [-0.15, -0.1) is 0 Å². The van der Waals surface area contributed by atoms with Crippen LogP contribution in [0.4, 0.5) is 4.39 Å². The zero-order valence-corrected chi connectivity index (χ0v) is 9.93. The van der Waals surface area contributed by atoms with Crippen molar-refractivity contribution < 1.29 is 14.3 Å². The summed E-state index contributed by atoms with van der Waals surface area (Å²) in [6, 6.07) is 4.72. The molecule has 0 amide bonds. The van der Waals surface area contributed by atoms with Gasteiger partial charge in [0.2, 0.25) is 0 Å². The second-order valence-corrected chi connectivity index (χ2v) is 4.71. The largest absolute Gasteiger partial charge is 0.480 e. The van der Waals surface area contributed by atoms with Gasteiger partial charge in [0, 0.05) is 12.1 Å². The normalized spacial score (nSPS) is 17.5. The third-order valence-electron chi connectivity index (χ3n) is 3.27. The van der Waals surface area contributed by atoms with Crippen LogP contribution in [0.2, 0.25) is 5.02 Å². The van der Waals surface area contributed by atoms with E-state index in [9.17, 15) is 9.18 Å². The Kier molecular flexibility index (Phi) is 3.35. The number of benzene rings is 1. The molecule has 1 aromatic rings. The van der Waals surface area contributed by atoms with E-state index in [1.165, 1.54) is 6.07 Å². The number of carbonyl (C=O) groups is 1. The lowest BCUT2D eigenvalue weighted by Crippen LogP contribution is -2.56. The molecule has 1 aliphatic carbocycles. The Hall–Kier alpha value is -1.13. The van der Waals surface area contributed by atoms with Gasteiger partial charge in [-0.3, -0.25) is 10.1 Å². The van der Waals surface area contributed by atoms with E-state index < -0.39 is 17.3 Å². The average molecular weight is 258 g/mol. The molecule has 1 aromatic carbocycles. The van der Waals surface area contributed by atoms with E-state index in [2.05, 4.69) is 5.32 Å². The molecule has 0 heterocycles. The Morgan fingerprint density at radius 3 is 2.76 bits per heavy atom. The average Bonchev–Trinajstić information content (AvgIpc) is 2.22. The number of carboxylic acids is 1. The van der Waals surface area contributed by atoms with Crippen LogP contribution in [0.1, 0.15) is 24.8 Å². The minimum absolute atomic E-state index is 0.0577. The third kappa shape index (κ3) is 2.28. The number of hydrogen-bond acceptors (Lipinski definition) is 2. The van der Waals surface area contributed by atoms with Crippen molar-refractivity contribution in [1.29, 1.82) is 0 Å². The molecule has 0 aliphatic heterocycles. The summed E-state index contributed by atoms with van der Waals surface area (Å²) in [5, 5.41) is 12.1. The highest BCUT2D eigenvalue weighted by molar-refractivity contribution is 6.30. The third-order valence-corrected chi connectivity index (χ3v) is 3.56. The summed E-state index contributed by atoms with van der Waals surface area (Å²) in [5.74, 6) is -1.35. The van der Waals surface area contributed by atoms with Crippen LogP contribution in [0.15, 0.2) is 18.2 Å². The fourth-order valence-corrected chi connectivity index (χ4v) is 2.14. The van der Waals surface area contributed by atoms with Crippen molar-refractivity contribution in [3.63, 3.8) is 0 Å². The topological polar surface area (TPSA) is 49.3 Å². The molecule has 1 fully saturated rings. The van der Waals surface area contributed by atoms with Crippen LogP contribution in [0.5, 0.6) is 0 Å². The molecular weight excluding hydrogens is 245 g/mol. The van der Waals surface area contributed by atoms with Crippen LogP contribution in [0, 0.1) is 5.82 Å². The summed E-state index contributed by atoms with van der Waals surface area (Å²) in [6.07, 6.45) is 2.06. The lowest BCUT2D eigenvalue weighted by Gasteiger charge is -2.38. The molecule has 2 rings (SSSR count). The van der Waals surface area contributed by atoms with E-state index in [1.54, 1.807) is 12.1 Å². The Balaban J connectivity index is 2.07. The molecular formula is C12H13ClFNO2. The number of aliphatic carboxylic acids is 1. The van der Waals surface area contributed by atoms with Crippen LogP contribution in [-0.2, 0) is 11.3 Å². The van der Waals surface area contributed by atoms with Crippen molar-refractivity contribution in [2.75, 3.05) is 0 Å². The van der Waals surface area contributed by atoms with Gasteiger partial charge < -0.3 is 5.11 Å². The standard InChI is InChI=1S/C12H13ClFNO2/c13-9-4-1-3-8(10(9)14)7-15-12(11(16)17)5-2-6-12/h1,3-4,15H,2,5-7H2,(H,16,17). The Labute approximate surface area is 104 Å². The first kappa shape index (κ1) is 12.3. The summed E-state index contributed by atoms with van der Waals surface area (Å²) in [7, 11) is 0. The predicted octanol–water partition coefficient (Wildman–Crippen LogP) is 2.58. The molecule has 0 saturated heterocycles. The Morgan fingerprint density at radius 2 is 2.24 bits per heavy atom. The monoisotopic (exact) mass is 257 g/mol. The molecule has 1 saturated carbocycles. The van der Waals surface area contributed by atoms with Crippen LogP contribution in [0.25, 0.3) is 0 Å². The fourth-order valence-electron chi connectivity index (χ4n) is 1.95. The van der Waals surface area contributed by atoms with Gasteiger partial charge in [0.1, 0.15) is 11.4 Å². The van der Waals surface area contributed by atoms with Crippen LogP contribution in [0.3, 0.4) is 0 Å². The molecule has 17 heavy (non-hydrogen) atoms. The van der Waals surface area contributed by atoms with Gasteiger partial charge in [0.05, 0.1) is 5.02 Å². The number of nitrogens with one attached hydrogen (secondary N) is 1. The lowest BCUT2D eigenvalue weighted by molar-refractivity contribution is -0.148. The SMILES string of the molecule is O=C(O)C1(NCc2cccc(Cl)c2F)CCC1. The minimum atomic E-state index is -0.880. The summed E-state index contributed by atoms with van der Waals surface area (Å²) in [4.78, 5) is 11.1. The molecule has 1 aliphatic rings. The van der Waals surface area contributed by atoms with E-state index in [4.69, 9.17) is 16.7 Å². The second-order valence-electron chi connectivity index (χ2n) is 4.31. The molecule has 0 unspecified atom stereocenters. The van der Waals surface area contributed by atoms with Crippen molar-refractivity contribution in [1.82, 2.24) is 5.32 Å². The maximum Gasteiger partial charge on any atom is 0.323 e. The van der Waals surface area contributed by atoms with E-state index in [-0.39, 0.29) is 11.6 Å². The first-order valence-electron chi connectivity index (χ1n) is 5.46. The van der Waals surface area contributed by atoms with Gasteiger partial charge in [-0.25, -0.2) is 4.39 Å². The molecule has 92 valence electrons. The van der Waals surface area contributed by atoms with Gasteiger partial charge in [-0.1, -0.05) is 23.7 Å². The smallest absolute Gasteiger partial charge is 0.323 e. The highest BCUT2D eigenvalue weighted by Crippen LogP contribution is 2.32. The first-order chi connectivity index (χ1) is 8.05. The minimum Gasteiger partial charge on any atom is -0.480 e. The lowest BCUT2D eigenvalue weighted by atomic mass is 9.76. The molecule has 0 radical (unpaired) electrons. The summed E-state index contributed by atoms with van der Waals surface area (Å²) in [6.45, 7) is 0.179. The second kappa shape index (κ2) is 4.63. The molecule has 0 bridgehead atoms. The Bertz CT molecular complexity index is 446. The van der Waals surface area contributed by atoms with Crippen LogP contribution < -0.4 is 5.32 Å². The summed E-state index contributed by atoms with van der Waals surface area (Å²) < 4.78 is 13.6. The van der Waals surface area contributed by atoms with Crippen molar-refractivity contribution in [2.24, 2.45) is 0 Å². The maximum absolute atomic E-state index is 13.6. The molecule has 0 spiro atoms. The first-order valence-corrected chi connectivity index (χ1v) is 5.84. The van der Waals surface area contributed by atoms with Crippen molar-refractivity contribution in [2.45, 2.75) is 31.3 Å². The summed E-state index contributed by atoms with van der Waals surface area (Å²) in [5.41, 5.74) is -0.487. The van der Waals surface area contributed by atoms with E-state index in [0.29, 0.717) is 18.4 Å². The highest BCUT2D eigenvalue weighted by Gasteiger charge is 2.43. The molecule has 5 heteroatoms.